The summed E-state index contributed by atoms with van der Waals surface area (Å²) in [5.74, 6) is 0.116. The molecule has 3 aromatic rings. The van der Waals surface area contributed by atoms with Crippen molar-refractivity contribution >= 4 is 11.8 Å². The number of furan rings is 1. The molecule has 176 valence electrons. The Bertz CT molecular complexity index is 1160. The number of morpholine rings is 1. The van der Waals surface area contributed by atoms with Crippen molar-refractivity contribution in [1.29, 1.82) is 0 Å². The van der Waals surface area contributed by atoms with Gasteiger partial charge in [-0.3, -0.25) is 9.59 Å². The van der Waals surface area contributed by atoms with Crippen molar-refractivity contribution in [2.24, 2.45) is 0 Å². The Morgan fingerprint density at radius 1 is 1.03 bits per heavy atom. The number of carbonyl (C=O) groups excluding carboxylic acids is 2. The summed E-state index contributed by atoms with van der Waals surface area (Å²) in [7, 11) is 0. The van der Waals surface area contributed by atoms with Crippen LogP contribution in [0.5, 0.6) is 5.75 Å². The lowest BCUT2D eigenvalue weighted by atomic mass is 9.87. The van der Waals surface area contributed by atoms with Crippen LogP contribution in [0.25, 0.3) is 0 Å². The van der Waals surface area contributed by atoms with E-state index in [1.807, 2.05) is 18.2 Å². The zero-order valence-corrected chi connectivity index (χ0v) is 18.6. The number of rotatable bonds is 5. The second-order valence-electron chi connectivity index (χ2n) is 8.32. The highest BCUT2D eigenvalue weighted by Crippen LogP contribution is 2.38. The molecule has 0 saturated carbocycles. The van der Waals surface area contributed by atoms with Gasteiger partial charge < -0.3 is 23.7 Å². The lowest BCUT2D eigenvalue weighted by Crippen LogP contribution is -2.43. The van der Waals surface area contributed by atoms with E-state index in [-0.39, 0.29) is 30.0 Å². The van der Waals surface area contributed by atoms with E-state index in [4.69, 9.17) is 13.9 Å². The molecular formula is C26H25FN2O5. The molecule has 0 aliphatic carbocycles. The summed E-state index contributed by atoms with van der Waals surface area (Å²) in [6, 6.07) is 14.7. The van der Waals surface area contributed by atoms with E-state index in [1.165, 1.54) is 18.4 Å². The smallest absolute Gasteiger partial charge is 0.290 e. The lowest BCUT2D eigenvalue weighted by molar-refractivity contribution is -0.137. The number of hydrogen-bond donors (Lipinski definition) is 0. The molecule has 2 aliphatic rings. The molecule has 0 bridgehead atoms. The van der Waals surface area contributed by atoms with Gasteiger partial charge in [0, 0.05) is 19.6 Å². The fourth-order valence-electron chi connectivity index (χ4n) is 4.50. The Kier molecular flexibility index (Phi) is 6.31. The monoisotopic (exact) mass is 464 g/mol. The largest absolute Gasteiger partial charge is 0.484 e. The quantitative estimate of drug-likeness (QED) is 0.579. The van der Waals surface area contributed by atoms with Crippen molar-refractivity contribution in [3.63, 3.8) is 0 Å². The van der Waals surface area contributed by atoms with Gasteiger partial charge in [-0.1, -0.05) is 18.2 Å². The van der Waals surface area contributed by atoms with E-state index < -0.39 is 6.04 Å². The normalized spacial score (nSPS) is 17.9. The van der Waals surface area contributed by atoms with Crippen molar-refractivity contribution in [3.05, 3.63) is 89.1 Å². The molecule has 0 radical (unpaired) electrons. The Morgan fingerprint density at radius 2 is 1.82 bits per heavy atom. The van der Waals surface area contributed by atoms with Gasteiger partial charge >= 0.3 is 0 Å². The van der Waals surface area contributed by atoms with Gasteiger partial charge in [0.2, 0.25) is 0 Å². The summed E-state index contributed by atoms with van der Waals surface area (Å²) in [5, 5.41) is 0. The average Bonchev–Trinajstić information content (AvgIpc) is 3.42. The maximum absolute atomic E-state index is 13.7. The number of halogens is 1. The third-order valence-corrected chi connectivity index (χ3v) is 6.25. The number of benzene rings is 2. The van der Waals surface area contributed by atoms with Crippen LogP contribution in [0.2, 0.25) is 0 Å². The predicted molar refractivity (Wildman–Crippen MR) is 121 cm³/mol. The summed E-state index contributed by atoms with van der Waals surface area (Å²) in [4.78, 5) is 29.2. The topological polar surface area (TPSA) is 72.2 Å². The Labute approximate surface area is 196 Å². The van der Waals surface area contributed by atoms with E-state index in [0.717, 1.165) is 16.7 Å². The number of nitrogens with zero attached hydrogens (tertiary/aromatic N) is 2. The third kappa shape index (κ3) is 4.54. The average molecular weight is 464 g/mol. The second-order valence-corrected chi connectivity index (χ2v) is 8.32. The first kappa shape index (κ1) is 22.2. The zero-order valence-electron chi connectivity index (χ0n) is 18.6. The van der Waals surface area contributed by atoms with E-state index in [0.29, 0.717) is 45.0 Å². The molecule has 8 heteroatoms. The maximum atomic E-state index is 13.7. The van der Waals surface area contributed by atoms with Crippen LogP contribution in [0, 0.1) is 5.82 Å². The zero-order chi connectivity index (χ0) is 23.5. The van der Waals surface area contributed by atoms with Gasteiger partial charge in [0.05, 0.1) is 25.5 Å². The summed E-state index contributed by atoms with van der Waals surface area (Å²) >= 11 is 0. The van der Waals surface area contributed by atoms with Crippen molar-refractivity contribution in [2.75, 3.05) is 39.5 Å². The van der Waals surface area contributed by atoms with Gasteiger partial charge in [0.15, 0.2) is 12.4 Å². The van der Waals surface area contributed by atoms with Crippen LogP contribution < -0.4 is 4.74 Å². The molecule has 34 heavy (non-hydrogen) atoms. The van der Waals surface area contributed by atoms with Gasteiger partial charge in [-0.15, -0.1) is 0 Å². The van der Waals surface area contributed by atoms with E-state index >= 15 is 0 Å². The molecule has 2 aromatic carbocycles. The minimum Gasteiger partial charge on any atom is -0.484 e. The number of hydrogen-bond acceptors (Lipinski definition) is 5. The lowest BCUT2D eigenvalue weighted by Gasteiger charge is -2.37. The second kappa shape index (κ2) is 9.69. The van der Waals surface area contributed by atoms with E-state index in [9.17, 15) is 14.0 Å². The molecule has 0 N–H and O–H groups in total. The highest BCUT2D eigenvalue weighted by atomic mass is 19.1. The highest BCUT2D eigenvalue weighted by molar-refractivity contribution is 5.92. The van der Waals surface area contributed by atoms with Crippen LogP contribution >= 0.6 is 0 Å². The number of ether oxygens (including phenoxy) is 2. The van der Waals surface area contributed by atoms with E-state index in [2.05, 4.69) is 0 Å². The summed E-state index contributed by atoms with van der Waals surface area (Å²) in [5.41, 5.74) is 2.74. The van der Waals surface area contributed by atoms with Crippen LogP contribution in [-0.4, -0.2) is 61.1 Å². The summed E-state index contributed by atoms with van der Waals surface area (Å²) < 4.78 is 30.2. The third-order valence-electron chi connectivity index (χ3n) is 6.25. The fraction of sp³-hybridized carbons (Fsp3) is 0.308. The minimum atomic E-state index is -0.444. The van der Waals surface area contributed by atoms with Crippen molar-refractivity contribution in [3.8, 4) is 5.75 Å². The molecule has 1 fully saturated rings. The Hall–Kier alpha value is -3.65. The van der Waals surface area contributed by atoms with Crippen LogP contribution in [-0.2, 0) is 16.0 Å². The van der Waals surface area contributed by atoms with Crippen molar-refractivity contribution in [1.82, 2.24) is 9.80 Å². The molecule has 5 rings (SSSR count). The van der Waals surface area contributed by atoms with Gasteiger partial charge in [0.1, 0.15) is 11.6 Å². The predicted octanol–water partition coefficient (Wildman–Crippen LogP) is 3.44. The molecule has 1 atom stereocenters. The number of amides is 2. The van der Waals surface area contributed by atoms with Crippen molar-refractivity contribution in [2.45, 2.75) is 12.5 Å². The van der Waals surface area contributed by atoms with Crippen LogP contribution in [0.15, 0.2) is 65.3 Å². The molecule has 0 spiro atoms. The Morgan fingerprint density at radius 3 is 2.56 bits per heavy atom. The fourth-order valence-corrected chi connectivity index (χ4v) is 4.50. The maximum Gasteiger partial charge on any atom is 0.290 e. The minimum absolute atomic E-state index is 0.0744. The van der Waals surface area contributed by atoms with Crippen LogP contribution in [0.3, 0.4) is 0 Å². The van der Waals surface area contributed by atoms with Crippen LogP contribution in [0.1, 0.15) is 33.3 Å². The van der Waals surface area contributed by atoms with Gasteiger partial charge in [-0.2, -0.15) is 0 Å². The summed E-state index contributed by atoms with van der Waals surface area (Å²) in [6.07, 6.45) is 2.13. The van der Waals surface area contributed by atoms with Gasteiger partial charge in [-0.05, 0) is 59.5 Å². The highest BCUT2D eigenvalue weighted by Gasteiger charge is 2.34. The number of fused-ring (bicyclic) bond motifs is 1. The van der Waals surface area contributed by atoms with Gasteiger partial charge in [0.25, 0.3) is 11.8 Å². The molecule has 2 amide bonds. The first-order chi connectivity index (χ1) is 16.6. The Balaban J connectivity index is 1.43. The van der Waals surface area contributed by atoms with Crippen molar-refractivity contribution < 1.29 is 27.9 Å². The molecule has 7 nitrogen and oxygen atoms in total. The van der Waals surface area contributed by atoms with Gasteiger partial charge in [-0.25, -0.2) is 4.39 Å². The number of carbonyl (C=O) groups is 2. The molecule has 3 heterocycles. The van der Waals surface area contributed by atoms with E-state index in [1.54, 1.807) is 34.1 Å². The molecule has 2 aliphatic heterocycles. The molecule has 1 unspecified atom stereocenters. The molecule has 1 aromatic heterocycles. The molecular weight excluding hydrogens is 439 g/mol. The summed E-state index contributed by atoms with van der Waals surface area (Å²) in [6.45, 7) is 2.60. The first-order valence-corrected chi connectivity index (χ1v) is 11.3. The van der Waals surface area contributed by atoms with Crippen LogP contribution in [0.4, 0.5) is 4.39 Å². The standard InChI is InChI=1S/C26H25FN2O5/c27-20-6-3-19(4-7-20)25-22-16-21(34-17-24(30)28-11-14-32-15-12-28)8-5-18(22)9-10-29(25)26(31)23-2-1-13-33-23/h1-8,13,16,25H,9-12,14-15,17H2. The first-order valence-electron chi connectivity index (χ1n) is 11.3. The SMILES string of the molecule is O=C(COc1ccc2c(c1)C(c1ccc(F)cc1)N(C(=O)c1ccco1)CC2)N1CCOCC1. The molecule has 1 saturated heterocycles.